The summed E-state index contributed by atoms with van der Waals surface area (Å²) in [6, 6.07) is 2.43. The van der Waals surface area contributed by atoms with Gasteiger partial charge in [0, 0.05) is 12.2 Å². The molecule has 1 aromatic rings. The summed E-state index contributed by atoms with van der Waals surface area (Å²) in [5.41, 5.74) is 1.14. The van der Waals surface area contributed by atoms with E-state index in [1.165, 1.54) is 38.5 Å². The van der Waals surface area contributed by atoms with E-state index in [9.17, 15) is 0 Å². The molecule has 1 aliphatic rings. The highest BCUT2D eigenvalue weighted by Crippen LogP contribution is 2.31. The number of nitrogens with one attached hydrogen (secondary N) is 1. The Kier molecular flexibility index (Phi) is 4.49. The summed E-state index contributed by atoms with van der Waals surface area (Å²) in [7, 11) is 2.03. The average molecular weight is 233 g/mol. The maximum atomic E-state index is 4.54. The van der Waals surface area contributed by atoms with E-state index < -0.39 is 0 Å². The monoisotopic (exact) mass is 233 g/mol. The molecule has 3 nitrogen and oxygen atoms in total. The largest absolute Gasteiger partial charge is 0.312 e. The van der Waals surface area contributed by atoms with Gasteiger partial charge in [0.05, 0.1) is 5.69 Å². The van der Waals surface area contributed by atoms with Gasteiger partial charge in [0.1, 0.15) is 5.82 Å². The van der Waals surface area contributed by atoms with Gasteiger partial charge in [-0.05, 0) is 32.4 Å². The Labute approximate surface area is 104 Å². The van der Waals surface area contributed by atoms with Crippen molar-refractivity contribution in [3.05, 3.63) is 23.8 Å². The van der Waals surface area contributed by atoms with Crippen LogP contribution in [0.25, 0.3) is 0 Å². The van der Waals surface area contributed by atoms with E-state index in [-0.39, 0.29) is 0 Å². The van der Waals surface area contributed by atoms with Gasteiger partial charge in [-0.2, -0.15) is 0 Å². The molecule has 2 rings (SSSR count). The summed E-state index contributed by atoms with van der Waals surface area (Å²) in [5.74, 6) is 1.74. The normalized spacial score (nSPS) is 19.2. The highest BCUT2D eigenvalue weighted by molar-refractivity contribution is 5.07. The first-order chi connectivity index (χ1) is 8.29. The number of hydrogen-bond acceptors (Lipinski definition) is 3. The number of rotatable bonds is 4. The zero-order valence-corrected chi connectivity index (χ0v) is 10.9. The van der Waals surface area contributed by atoms with Gasteiger partial charge < -0.3 is 5.32 Å². The summed E-state index contributed by atoms with van der Waals surface area (Å²) in [4.78, 5) is 8.70. The molecule has 1 heterocycles. The molecule has 0 radical (unpaired) electrons. The Hall–Kier alpha value is -0.960. The van der Waals surface area contributed by atoms with Crippen LogP contribution in [0.1, 0.15) is 56.1 Å². The van der Waals surface area contributed by atoms with Crippen molar-refractivity contribution in [3.8, 4) is 0 Å². The van der Waals surface area contributed by atoms with Gasteiger partial charge in [0.25, 0.3) is 0 Å². The van der Waals surface area contributed by atoms with Crippen molar-refractivity contribution in [3.63, 3.8) is 0 Å². The summed E-state index contributed by atoms with van der Waals surface area (Å²) < 4.78 is 0. The fourth-order valence-electron chi connectivity index (χ4n) is 2.81. The van der Waals surface area contributed by atoms with Crippen LogP contribution >= 0.6 is 0 Å². The molecule has 1 saturated carbocycles. The number of nitrogens with zero attached hydrogens (tertiary/aromatic N) is 2. The average Bonchev–Trinajstić information content (AvgIpc) is 2.37. The Bertz CT molecular complexity index is 345. The molecule has 0 spiro atoms. The lowest BCUT2D eigenvalue weighted by Gasteiger charge is -2.26. The van der Waals surface area contributed by atoms with Gasteiger partial charge in [-0.1, -0.05) is 32.1 Å². The molecule has 1 unspecified atom stereocenters. The fourth-order valence-corrected chi connectivity index (χ4v) is 2.81. The molecule has 1 fully saturated rings. The van der Waals surface area contributed by atoms with Crippen LogP contribution in [0.2, 0.25) is 0 Å². The molecule has 0 aliphatic heterocycles. The third-order valence-corrected chi connectivity index (χ3v) is 3.80. The van der Waals surface area contributed by atoms with E-state index in [2.05, 4.69) is 15.3 Å². The van der Waals surface area contributed by atoms with Crippen molar-refractivity contribution >= 4 is 0 Å². The molecule has 1 atom stereocenters. The topological polar surface area (TPSA) is 37.8 Å². The lowest BCUT2D eigenvalue weighted by Crippen LogP contribution is -2.22. The van der Waals surface area contributed by atoms with Crippen LogP contribution in [-0.4, -0.2) is 17.0 Å². The first kappa shape index (κ1) is 12.5. The molecule has 0 amide bonds. The van der Waals surface area contributed by atoms with Crippen LogP contribution in [0.15, 0.2) is 12.3 Å². The van der Waals surface area contributed by atoms with Crippen LogP contribution in [0, 0.1) is 12.8 Å². The van der Waals surface area contributed by atoms with Crippen molar-refractivity contribution in [2.75, 3.05) is 7.05 Å². The summed E-state index contributed by atoms with van der Waals surface area (Å²) in [5, 5.41) is 3.40. The van der Waals surface area contributed by atoms with Gasteiger partial charge >= 0.3 is 0 Å². The van der Waals surface area contributed by atoms with E-state index in [0.717, 1.165) is 17.4 Å². The molecular formula is C14H23N3. The van der Waals surface area contributed by atoms with Crippen molar-refractivity contribution < 1.29 is 0 Å². The second kappa shape index (κ2) is 6.10. The molecular weight excluding hydrogens is 210 g/mol. The van der Waals surface area contributed by atoms with Crippen molar-refractivity contribution in [1.82, 2.24) is 15.3 Å². The van der Waals surface area contributed by atoms with Crippen LogP contribution in [-0.2, 0) is 0 Å². The predicted molar refractivity (Wildman–Crippen MR) is 69.8 cm³/mol. The first-order valence-corrected chi connectivity index (χ1v) is 6.76. The second-order valence-corrected chi connectivity index (χ2v) is 5.11. The standard InChI is InChI=1S/C14H23N3/c1-11-16-9-8-13(17-11)14(15-2)10-12-6-4-3-5-7-12/h8-9,12,14-15H,3-7,10H2,1-2H3. The van der Waals surface area contributed by atoms with E-state index in [1.54, 1.807) is 0 Å². The predicted octanol–water partition coefficient (Wildman–Crippen LogP) is 3.02. The smallest absolute Gasteiger partial charge is 0.125 e. The molecule has 0 aromatic carbocycles. The second-order valence-electron chi connectivity index (χ2n) is 5.11. The van der Waals surface area contributed by atoms with Crippen LogP contribution < -0.4 is 5.32 Å². The molecule has 0 saturated heterocycles. The third kappa shape index (κ3) is 3.50. The number of aryl methyl sites for hydroxylation is 1. The van der Waals surface area contributed by atoms with Crippen molar-refractivity contribution in [2.24, 2.45) is 5.92 Å². The number of aromatic nitrogens is 2. The molecule has 1 aliphatic carbocycles. The maximum absolute atomic E-state index is 4.54. The van der Waals surface area contributed by atoms with Crippen molar-refractivity contribution in [2.45, 2.75) is 51.5 Å². The molecule has 1 aromatic heterocycles. The fraction of sp³-hybridized carbons (Fsp3) is 0.714. The quantitative estimate of drug-likeness (QED) is 0.868. The Balaban J connectivity index is 2.00. The SMILES string of the molecule is CNC(CC1CCCCC1)c1ccnc(C)n1. The molecule has 1 N–H and O–H groups in total. The minimum atomic E-state index is 0.389. The van der Waals surface area contributed by atoms with Gasteiger partial charge in [-0.15, -0.1) is 0 Å². The molecule has 0 bridgehead atoms. The zero-order valence-electron chi connectivity index (χ0n) is 10.9. The highest BCUT2D eigenvalue weighted by Gasteiger charge is 2.19. The van der Waals surface area contributed by atoms with Gasteiger partial charge in [-0.3, -0.25) is 0 Å². The molecule has 17 heavy (non-hydrogen) atoms. The van der Waals surface area contributed by atoms with E-state index in [1.807, 2.05) is 26.2 Å². The minimum Gasteiger partial charge on any atom is -0.312 e. The highest BCUT2D eigenvalue weighted by atomic mass is 14.9. The summed E-state index contributed by atoms with van der Waals surface area (Å²) in [6.07, 6.45) is 10.1. The third-order valence-electron chi connectivity index (χ3n) is 3.80. The lowest BCUT2D eigenvalue weighted by molar-refractivity contribution is 0.303. The van der Waals surface area contributed by atoms with Gasteiger partial charge in [-0.25, -0.2) is 9.97 Å². The van der Waals surface area contributed by atoms with E-state index in [0.29, 0.717) is 6.04 Å². The van der Waals surface area contributed by atoms with Crippen LogP contribution in [0.4, 0.5) is 0 Å². The van der Waals surface area contributed by atoms with Crippen LogP contribution in [0.3, 0.4) is 0 Å². The first-order valence-electron chi connectivity index (χ1n) is 6.76. The number of hydrogen-bond donors (Lipinski definition) is 1. The maximum Gasteiger partial charge on any atom is 0.125 e. The van der Waals surface area contributed by atoms with Gasteiger partial charge in [0.15, 0.2) is 0 Å². The Morgan fingerprint density at radius 2 is 2.12 bits per heavy atom. The summed E-state index contributed by atoms with van der Waals surface area (Å²) in [6.45, 7) is 1.96. The van der Waals surface area contributed by atoms with Gasteiger partial charge in [0.2, 0.25) is 0 Å². The Morgan fingerprint density at radius 1 is 1.35 bits per heavy atom. The Morgan fingerprint density at radius 3 is 2.76 bits per heavy atom. The van der Waals surface area contributed by atoms with Crippen molar-refractivity contribution in [1.29, 1.82) is 0 Å². The van der Waals surface area contributed by atoms with E-state index in [4.69, 9.17) is 0 Å². The minimum absolute atomic E-state index is 0.389. The zero-order chi connectivity index (χ0) is 12.1. The lowest BCUT2D eigenvalue weighted by atomic mass is 9.84. The van der Waals surface area contributed by atoms with Crippen LogP contribution in [0.5, 0.6) is 0 Å². The van der Waals surface area contributed by atoms with E-state index >= 15 is 0 Å². The molecule has 3 heteroatoms. The molecule has 94 valence electrons. The summed E-state index contributed by atoms with van der Waals surface area (Å²) >= 11 is 0.